The Morgan fingerprint density at radius 1 is 1.38 bits per heavy atom. The van der Waals surface area contributed by atoms with E-state index in [2.05, 4.69) is 51.8 Å². The van der Waals surface area contributed by atoms with Gasteiger partial charge in [-0.05, 0) is 37.1 Å². The lowest BCUT2D eigenvalue weighted by atomic mass is 10.1. The van der Waals surface area contributed by atoms with Crippen LogP contribution in [-0.4, -0.2) is 59.0 Å². The van der Waals surface area contributed by atoms with Crippen LogP contribution < -0.4 is 21.4 Å². The molecule has 4 N–H and O–H groups in total. The molecule has 2 unspecified atom stereocenters. The molecule has 1 aromatic carbocycles. The van der Waals surface area contributed by atoms with Gasteiger partial charge in [-0.1, -0.05) is 6.92 Å². The number of hydrazine groups is 1. The molecule has 0 radical (unpaired) electrons. The van der Waals surface area contributed by atoms with E-state index in [1.165, 1.54) is 0 Å². The molecule has 3 heterocycles. The molecule has 2 bridgehead atoms. The minimum atomic E-state index is 0.404. The number of aromatic nitrogens is 3. The SMILES string of the molecule is CCN(C)Nc1ccc(-c2nnc(N)c(N3CC4CC3CN4)n2)cc1C. The first-order chi connectivity index (χ1) is 12.5. The molecular weight excluding hydrogens is 328 g/mol. The molecule has 2 saturated heterocycles. The van der Waals surface area contributed by atoms with E-state index in [4.69, 9.17) is 10.7 Å². The van der Waals surface area contributed by atoms with E-state index >= 15 is 0 Å². The normalized spacial score (nSPS) is 21.6. The van der Waals surface area contributed by atoms with Crippen LogP contribution >= 0.6 is 0 Å². The van der Waals surface area contributed by atoms with Crippen molar-refractivity contribution in [3.63, 3.8) is 0 Å². The van der Waals surface area contributed by atoms with Crippen LogP contribution in [0.15, 0.2) is 18.2 Å². The molecule has 2 aliphatic heterocycles. The summed E-state index contributed by atoms with van der Waals surface area (Å²) < 4.78 is 0. The summed E-state index contributed by atoms with van der Waals surface area (Å²) in [4.78, 5) is 7.03. The maximum Gasteiger partial charge on any atom is 0.189 e. The van der Waals surface area contributed by atoms with Gasteiger partial charge in [0.2, 0.25) is 0 Å². The average molecular weight is 354 g/mol. The highest BCUT2D eigenvalue weighted by Gasteiger charge is 2.39. The predicted molar refractivity (Wildman–Crippen MR) is 104 cm³/mol. The average Bonchev–Trinajstić information content (AvgIpc) is 3.27. The molecule has 2 atom stereocenters. The fraction of sp³-hybridized carbons (Fsp3) is 0.500. The number of nitrogen functional groups attached to an aromatic ring is 1. The van der Waals surface area contributed by atoms with Gasteiger partial charge in [-0.2, -0.15) is 0 Å². The largest absolute Gasteiger partial charge is 0.379 e. The number of anilines is 3. The highest BCUT2D eigenvalue weighted by atomic mass is 15.5. The van der Waals surface area contributed by atoms with Gasteiger partial charge in [0.05, 0.1) is 5.69 Å². The predicted octanol–water partition coefficient (Wildman–Crippen LogP) is 1.26. The minimum Gasteiger partial charge on any atom is -0.379 e. The summed E-state index contributed by atoms with van der Waals surface area (Å²) in [6.45, 7) is 7.01. The lowest BCUT2D eigenvalue weighted by Crippen LogP contribution is -2.44. The zero-order valence-corrected chi connectivity index (χ0v) is 15.5. The van der Waals surface area contributed by atoms with E-state index in [1.54, 1.807) is 0 Å². The van der Waals surface area contributed by atoms with Gasteiger partial charge < -0.3 is 21.4 Å². The summed E-state index contributed by atoms with van der Waals surface area (Å²) in [6.07, 6.45) is 1.14. The number of hydrogen-bond acceptors (Lipinski definition) is 8. The number of rotatable bonds is 5. The minimum absolute atomic E-state index is 0.404. The molecule has 2 aliphatic rings. The number of nitrogens with zero attached hydrogens (tertiary/aromatic N) is 5. The number of nitrogens with one attached hydrogen (secondary N) is 2. The maximum absolute atomic E-state index is 6.09. The highest BCUT2D eigenvalue weighted by molar-refractivity contribution is 5.67. The first-order valence-electron chi connectivity index (χ1n) is 9.14. The van der Waals surface area contributed by atoms with E-state index in [-0.39, 0.29) is 0 Å². The van der Waals surface area contributed by atoms with Gasteiger partial charge >= 0.3 is 0 Å². The van der Waals surface area contributed by atoms with Crippen molar-refractivity contribution in [3.05, 3.63) is 23.8 Å². The molecule has 0 amide bonds. The van der Waals surface area contributed by atoms with Crippen molar-refractivity contribution >= 4 is 17.3 Å². The molecule has 26 heavy (non-hydrogen) atoms. The molecule has 2 fully saturated rings. The smallest absolute Gasteiger partial charge is 0.189 e. The van der Waals surface area contributed by atoms with Crippen molar-refractivity contribution in [3.8, 4) is 11.4 Å². The van der Waals surface area contributed by atoms with Gasteiger partial charge in [0.1, 0.15) is 0 Å². The highest BCUT2D eigenvalue weighted by Crippen LogP contribution is 2.32. The summed E-state index contributed by atoms with van der Waals surface area (Å²) in [5.74, 6) is 1.78. The Morgan fingerprint density at radius 2 is 2.23 bits per heavy atom. The Kier molecular flexibility index (Phi) is 4.37. The van der Waals surface area contributed by atoms with E-state index < -0.39 is 0 Å². The number of hydrogen-bond donors (Lipinski definition) is 3. The first-order valence-corrected chi connectivity index (χ1v) is 9.14. The molecule has 0 aliphatic carbocycles. The topological polar surface area (TPSA) is 95.2 Å². The second-order valence-electron chi connectivity index (χ2n) is 7.15. The Bertz CT molecular complexity index is 808. The van der Waals surface area contributed by atoms with Crippen LogP contribution in [0.2, 0.25) is 0 Å². The van der Waals surface area contributed by atoms with Crippen LogP contribution in [0.5, 0.6) is 0 Å². The van der Waals surface area contributed by atoms with Crippen molar-refractivity contribution < 1.29 is 0 Å². The summed E-state index contributed by atoms with van der Waals surface area (Å²) in [6, 6.07) is 7.14. The van der Waals surface area contributed by atoms with Gasteiger partial charge in [-0.3, -0.25) is 0 Å². The van der Waals surface area contributed by atoms with E-state index in [1.807, 2.05) is 18.1 Å². The zero-order chi connectivity index (χ0) is 18.3. The fourth-order valence-electron chi connectivity index (χ4n) is 3.69. The van der Waals surface area contributed by atoms with Crippen LogP contribution in [0.4, 0.5) is 17.3 Å². The Balaban J connectivity index is 1.62. The number of aryl methyl sites for hydroxylation is 1. The molecule has 8 nitrogen and oxygen atoms in total. The second-order valence-corrected chi connectivity index (χ2v) is 7.15. The summed E-state index contributed by atoms with van der Waals surface area (Å²) >= 11 is 0. The molecule has 0 saturated carbocycles. The second kappa shape index (κ2) is 6.69. The van der Waals surface area contributed by atoms with Gasteiger partial charge in [0.15, 0.2) is 17.5 Å². The number of fused-ring (bicyclic) bond motifs is 2. The van der Waals surface area contributed by atoms with Crippen LogP contribution in [0.1, 0.15) is 18.9 Å². The zero-order valence-electron chi connectivity index (χ0n) is 15.5. The van der Waals surface area contributed by atoms with E-state index in [9.17, 15) is 0 Å². The van der Waals surface area contributed by atoms with Crippen LogP contribution in [-0.2, 0) is 0 Å². The Labute approximate surface area is 153 Å². The summed E-state index contributed by atoms with van der Waals surface area (Å²) in [5, 5.41) is 13.9. The molecule has 138 valence electrons. The van der Waals surface area contributed by atoms with Gasteiger partial charge in [0.25, 0.3) is 0 Å². The van der Waals surface area contributed by atoms with Gasteiger partial charge in [0, 0.05) is 44.3 Å². The molecule has 2 aromatic rings. The molecular formula is C18H26N8. The summed E-state index contributed by atoms with van der Waals surface area (Å²) in [5.41, 5.74) is 12.6. The first kappa shape index (κ1) is 17.0. The maximum atomic E-state index is 6.09. The lowest BCUT2D eigenvalue weighted by molar-refractivity contribution is 0.425. The lowest BCUT2D eigenvalue weighted by Gasteiger charge is -2.28. The van der Waals surface area contributed by atoms with Gasteiger partial charge in [-0.25, -0.2) is 9.99 Å². The van der Waals surface area contributed by atoms with Crippen LogP contribution in [0.25, 0.3) is 11.4 Å². The van der Waals surface area contributed by atoms with E-state index in [0.29, 0.717) is 23.7 Å². The van der Waals surface area contributed by atoms with Crippen LogP contribution in [0.3, 0.4) is 0 Å². The third kappa shape index (κ3) is 3.06. The van der Waals surface area contributed by atoms with Crippen molar-refractivity contribution in [2.24, 2.45) is 0 Å². The standard InChI is InChI=1S/C18H26N8/c1-4-25(3)24-15-6-5-12(7-11(15)2)17-21-18(16(19)22-23-17)26-10-13-8-14(26)9-20-13/h5-7,13-14,20,24H,4,8-10H2,1-3H3,(H2,19,22). The molecule has 8 heteroatoms. The third-order valence-electron chi connectivity index (χ3n) is 5.29. The fourth-order valence-corrected chi connectivity index (χ4v) is 3.69. The van der Waals surface area contributed by atoms with Gasteiger partial charge in [-0.15, -0.1) is 10.2 Å². The monoisotopic (exact) mass is 354 g/mol. The van der Waals surface area contributed by atoms with Crippen LogP contribution in [0, 0.1) is 6.92 Å². The molecule has 4 rings (SSSR count). The molecule has 1 aromatic heterocycles. The number of benzene rings is 1. The number of piperazine rings is 1. The van der Waals surface area contributed by atoms with E-state index in [0.717, 1.165) is 48.7 Å². The summed E-state index contributed by atoms with van der Waals surface area (Å²) in [7, 11) is 2.02. The van der Waals surface area contributed by atoms with Crippen molar-refractivity contribution in [2.45, 2.75) is 32.4 Å². The Hall–Kier alpha value is -2.45. The van der Waals surface area contributed by atoms with Crippen molar-refractivity contribution in [2.75, 3.05) is 42.7 Å². The Morgan fingerprint density at radius 3 is 2.88 bits per heavy atom. The third-order valence-corrected chi connectivity index (χ3v) is 5.29. The quantitative estimate of drug-likeness (QED) is 0.691. The number of nitrogens with two attached hydrogens (primary N) is 1. The van der Waals surface area contributed by atoms with Crippen molar-refractivity contribution in [1.82, 2.24) is 25.5 Å². The van der Waals surface area contributed by atoms with Crippen molar-refractivity contribution in [1.29, 1.82) is 0 Å². The molecule has 0 spiro atoms.